The van der Waals surface area contributed by atoms with E-state index < -0.39 is 17.8 Å². The zero-order valence-electron chi connectivity index (χ0n) is 17.1. The Labute approximate surface area is 178 Å². The predicted molar refractivity (Wildman–Crippen MR) is 112 cm³/mol. The van der Waals surface area contributed by atoms with Crippen LogP contribution in [0, 0.1) is 11.7 Å². The van der Waals surface area contributed by atoms with Crippen LogP contribution < -0.4 is 15.0 Å². The van der Waals surface area contributed by atoms with Crippen molar-refractivity contribution in [3.8, 4) is 11.5 Å². The van der Waals surface area contributed by atoms with Crippen molar-refractivity contribution < 1.29 is 18.7 Å². The average molecular weight is 420 g/mol. The summed E-state index contributed by atoms with van der Waals surface area (Å²) in [4.78, 5) is 35.7. The van der Waals surface area contributed by atoms with Crippen LogP contribution in [0.1, 0.15) is 23.0 Å². The Balaban J connectivity index is 1.53. The molecule has 8 heteroatoms. The normalized spacial score (nSPS) is 18.2. The van der Waals surface area contributed by atoms with Crippen LogP contribution in [0.3, 0.4) is 0 Å². The monoisotopic (exact) mass is 420 g/mol. The van der Waals surface area contributed by atoms with Crippen LogP contribution in [0.5, 0.6) is 11.5 Å². The molecule has 1 N–H and O–H groups in total. The first-order valence-corrected chi connectivity index (χ1v) is 9.85. The number of amides is 2. The van der Waals surface area contributed by atoms with E-state index in [1.165, 1.54) is 35.4 Å². The van der Waals surface area contributed by atoms with Gasteiger partial charge in [-0.15, -0.1) is 0 Å². The highest BCUT2D eigenvalue weighted by Crippen LogP contribution is 2.27. The number of hydrogen-bond acceptors (Lipinski definition) is 5. The number of anilines is 1. The third-order valence-corrected chi connectivity index (χ3v) is 5.21. The van der Waals surface area contributed by atoms with E-state index in [2.05, 4.69) is 15.3 Å². The first-order chi connectivity index (χ1) is 14.9. The summed E-state index contributed by atoms with van der Waals surface area (Å²) in [5.41, 5.74) is 1.01. The summed E-state index contributed by atoms with van der Waals surface area (Å²) < 4.78 is 19.4. The van der Waals surface area contributed by atoms with Gasteiger partial charge in [0.1, 0.15) is 23.3 Å². The number of benzene rings is 1. The van der Waals surface area contributed by atoms with Gasteiger partial charge in [0.2, 0.25) is 0 Å². The van der Waals surface area contributed by atoms with Gasteiger partial charge in [-0.1, -0.05) is 25.1 Å². The molecule has 3 heterocycles. The first-order valence-electron chi connectivity index (χ1n) is 9.85. The number of carbonyl (C=O) groups is 2. The lowest BCUT2D eigenvalue weighted by molar-refractivity contribution is -0.121. The smallest absolute Gasteiger partial charge is 0.270 e. The zero-order valence-corrected chi connectivity index (χ0v) is 17.1. The van der Waals surface area contributed by atoms with Gasteiger partial charge in [0.15, 0.2) is 11.6 Å². The van der Waals surface area contributed by atoms with E-state index in [0.29, 0.717) is 12.2 Å². The van der Waals surface area contributed by atoms with Crippen LogP contribution in [-0.2, 0) is 11.2 Å². The Kier molecular flexibility index (Phi) is 5.62. The molecule has 0 spiro atoms. The van der Waals surface area contributed by atoms with Crippen molar-refractivity contribution in [3.63, 3.8) is 0 Å². The molecule has 31 heavy (non-hydrogen) atoms. The van der Waals surface area contributed by atoms with Gasteiger partial charge in [-0.3, -0.25) is 19.5 Å². The average Bonchev–Trinajstić information content (AvgIpc) is 2.86. The molecule has 1 aromatic carbocycles. The van der Waals surface area contributed by atoms with Gasteiger partial charge in [-0.25, -0.2) is 9.37 Å². The molecule has 1 aliphatic heterocycles. The third-order valence-electron chi connectivity index (χ3n) is 5.21. The number of aromatic nitrogens is 2. The minimum absolute atomic E-state index is 0.0412. The lowest BCUT2D eigenvalue weighted by Crippen LogP contribution is -2.50. The van der Waals surface area contributed by atoms with Crippen LogP contribution in [0.2, 0.25) is 0 Å². The highest BCUT2D eigenvalue weighted by Gasteiger charge is 2.35. The number of hydrogen-bond donors (Lipinski definition) is 1. The molecule has 0 radical (unpaired) electrons. The van der Waals surface area contributed by atoms with Gasteiger partial charge in [-0.05, 0) is 42.2 Å². The highest BCUT2D eigenvalue weighted by atomic mass is 19.1. The molecule has 2 aromatic heterocycles. The molecule has 1 aliphatic rings. The predicted octanol–water partition coefficient (Wildman–Crippen LogP) is 3.36. The van der Waals surface area contributed by atoms with Crippen molar-refractivity contribution in [1.29, 1.82) is 0 Å². The van der Waals surface area contributed by atoms with Gasteiger partial charge >= 0.3 is 0 Å². The van der Waals surface area contributed by atoms with Gasteiger partial charge in [-0.2, -0.15) is 0 Å². The maximum atomic E-state index is 13.9. The summed E-state index contributed by atoms with van der Waals surface area (Å²) in [6.45, 7) is 1.91. The summed E-state index contributed by atoms with van der Waals surface area (Å²) in [5, 5.41) is 2.79. The fourth-order valence-corrected chi connectivity index (χ4v) is 3.59. The second-order valence-corrected chi connectivity index (χ2v) is 7.43. The van der Waals surface area contributed by atoms with Crippen LogP contribution in [0.15, 0.2) is 60.9 Å². The maximum Gasteiger partial charge on any atom is 0.270 e. The summed E-state index contributed by atoms with van der Waals surface area (Å²) in [6, 6.07) is 11.9. The number of nitrogens with one attached hydrogen (secondary N) is 1. The molecule has 7 nitrogen and oxygen atoms in total. The molecule has 2 atom stereocenters. The topological polar surface area (TPSA) is 84.4 Å². The van der Waals surface area contributed by atoms with Gasteiger partial charge in [0.25, 0.3) is 11.8 Å². The van der Waals surface area contributed by atoms with Crippen molar-refractivity contribution >= 4 is 17.6 Å². The number of ether oxygens (including phenoxy) is 1. The number of likely N-dealkylation sites (N-methyl/N-ethyl adjacent to an activating group) is 1. The molecular weight excluding hydrogens is 399 g/mol. The standard InChI is InChI=1S/C23H21FN4O3/c1-14-12-15-6-5-10-26-21(15)28(2)23(30)20(14)27-22(29)18-13-16(9-11-25-18)31-19-8-4-3-7-17(19)24/h3-11,13-14,20H,12H2,1-2H3,(H,27,29)/t14-,20-/m0/s1. The van der Waals surface area contributed by atoms with E-state index in [0.717, 1.165) is 5.56 Å². The highest BCUT2D eigenvalue weighted by molar-refractivity contribution is 6.02. The van der Waals surface area contributed by atoms with E-state index >= 15 is 0 Å². The second-order valence-electron chi connectivity index (χ2n) is 7.43. The fraction of sp³-hybridized carbons (Fsp3) is 0.217. The molecule has 2 amide bonds. The summed E-state index contributed by atoms with van der Waals surface area (Å²) in [5.74, 6) is -0.539. The Hall–Kier alpha value is -3.81. The van der Waals surface area contributed by atoms with Crippen LogP contribution in [-0.4, -0.2) is 34.9 Å². The Morgan fingerprint density at radius 3 is 2.77 bits per heavy atom. The number of nitrogens with zero attached hydrogens (tertiary/aromatic N) is 3. The number of halogens is 1. The summed E-state index contributed by atoms with van der Waals surface area (Å²) in [6.07, 6.45) is 3.63. The molecule has 0 saturated carbocycles. The Bertz CT molecular complexity index is 1140. The minimum Gasteiger partial charge on any atom is -0.454 e. The molecule has 0 bridgehead atoms. The number of pyridine rings is 2. The second kappa shape index (κ2) is 8.51. The van der Waals surface area contributed by atoms with E-state index in [4.69, 9.17) is 4.74 Å². The van der Waals surface area contributed by atoms with Gasteiger partial charge < -0.3 is 10.1 Å². The van der Waals surface area contributed by atoms with E-state index in [9.17, 15) is 14.0 Å². The van der Waals surface area contributed by atoms with E-state index in [1.807, 2.05) is 19.1 Å². The number of fused-ring (bicyclic) bond motifs is 1. The summed E-state index contributed by atoms with van der Waals surface area (Å²) in [7, 11) is 1.65. The Morgan fingerprint density at radius 2 is 1.97 bits per heavy atom. The first kappa shape index (κ1) is 20.5. The van der Waals surface area contributed by atoms with E-state index in [1.54, 1.807) is 25.4 Å². The lowest BCUT2D eigenvalue weighted by atomic mass is 9.95. The van der Waals surface area contributed by atoms with Crippen LogP contribution in [0.25, 0.3) is 0 Å². The van der Waals surface area contributed by atoms with Crippen molar-refractivity contribution in [2.75, 3.05) is 11.9 Å². The minimum atomic E-state index is -0.746. The zero-order chi connectivity index (χ0) is 22.0. The number of rotatable bonds is 4. The lowest BCUT2D eigenvalue weighted by Gasteiger charge is -2.24. The molecule has 0 aliphatic carbocycles. The molecule has 0 fully saturated rings. The number of carbonyl (C=O) groups excluding carboxylic acids is 2. The van der Waals surface area contributed by atoms with Crippen molar-refractivity contribution in [2.24, 2.45) is 5.92 Å². The number of para-hydroxylation sites is 1. The van der Waals surface area contributed by atoms with Crippen LogP contribution >= 0.6 is 0 Å². The molecule has 0 unspecified atom stereocenters. The fourth-order valence-electron chi connectivity index (χ4n) is 3.59. The summed E-state index contributed by atoms with van der Waals surface area (Å²) >= 11 is 0. The molecular formula is C23H21FN4O3. The molecule has 4 rings (SSSR count). The van der Waals surface area contributed by atoms with Gasteiger partial charge in [0.05, 0.1) is 0 Å². The SMILES string of the molecule is C[C@H]1Cc2cccnc2N(C)C(=O)[C@H]1NC(=O)c1cc(Oc2ccccc2F)ccn1. The van der Waals surface area contributed by atoms with Gasteiger partial charge in [0, 0.05) is 25.5 Å². The molecule has 3 aromatic rings. The van der Waals surface area contributed by atoms with E-state index in [-0.39, 0.29) is 29.0 Å². The van der Waals surface area contributed by atoms with Crippen molar-refractivity contribution in [1.82, 2.24) is 15.3 Å². The maximum absolute atomic E-state index is 13.9. The van der Waals surface area contributed by atoms with Crippen molar-refractivity contribution in [2.45, 2.75) is 19.4 Å². The van der Waals surface area contributed by atoms with Crippen molar-refractivity contribution in [3.05, 3.63) is 78.0 Å². The molecule has 158 valence electrons. The quantitative estimate of drug-likeness (QED) is 0.700. The third kappa shape index (κ3) is 4.23. The van der Waals surface area contributed by atoms with Crippen LogP contribution in [0.4, 0.5) is 10.2 Å². The Morgan fingerprint density at radius 1 is 1.16 bits per heavy atom. The molecule has 0 saturated heterocycles. The largest absolute Gasteiger partial charge is 0.454 e.